The molecule has 0 saturated carbocycles. The molecule has 8 heteroatoms. The van der Waals surface area contributed by atoms with E-state index in [0.717, 1.165) is 24.1 Å². The van der Waals surface area contributed by atoms with Gasteiger partial charge >= 0.3 is 0 Å². The van der Waals surface area contributed by atoms with Crippen LogP contribution in [0.2, 0.25) is 0 Å². The smallest absolute Gasteiger partial charge is 0.276 e. The van der Waals surface area contributed by atoms with Crippen molar-refractivity contribution >= 4 is 15.7 Å². The van der Waals surface area contributed by atoms with Crippen molar-refractivity contribution in [1.29, 1.82) is 0 Å². The standard InChI is InChI=1S/C17H20N4O3S/c1-13-5-2-3-6-15(13)21-11-14(18-19-21)16(22)20-9-4-7-17(20)8-10-25(23,24)12-17/h2-3,5-6,11H,4,7-10,12H2,1H3. The Morgan fingerprint density at radius 2 is 2.04 bits per heavy atom. The van der Waals surface area contributed by atoms with Crippen LogP contribution in [0.5, 0.6) is 0 Å². The van der Waals surface area contributed by atoms with E-state index in [1.165, 1.54) is 0 Å². The molecule has 1 aromatic carbocycles. The molecule has 25 heavy (non-hydrogen) atoms. The third kappa shape index (κ3) is 2.74. The van der Waals surface area contributed by atoms with Gasteiger partial charge in [-0.15, -0.1) is 5.10 Å². The van der Waals surface area contributed by atoms with Crippen LogP contribution in [-0.4, -0.2) is 57.8 Å². The molecule has 1 spiro atoms. The summed E-state index contributed by atoms with van der Waals surface area (Å²) in [4.78, 5) is 14.7. The topological polar surface area (TPSA) is 85.2 Å². The van der Waals surface area contributed by atoms with Crippen LogP contribution in [0.4, 0.5) is 0 Å². The summed E-state index contributed by atoms with van der Waals surface area (Å²) in [5.41, 5.74) is 1.61. The number of carbonyl (C=O) groups is 1. The average Bonchev–Trinajstić information content (AvgIpc) is 3.27. The molecule has 132 valence electrons. The molecule has 0 N–H and O–H groups in total. The molecule has 7 nitrogen and oxygen atoms in total. The number of likely N-dealkylation sites (tertiary alicyclic amines) is 1. The number of rotatable bonds is 2. The summed E-state index contributed by atoms with van der Waals surface area (Å²) < 4.78 is 25.5. The Balaban J connectivity index is 1.63. The molecular weight excluding hydrogens is 340 g/mol. The van der Waals surface area contributed by atoms with Gasteiger partial charge in [0.15, 0.2) is 15.5 Å². The van der Waals surface area contributed by atoms with E-state index >= 15 is 0 Å². The van der Waals surface area contributed by atoms with Crippen LogP contribution in [-0.2, 0) is 9.84 Å². The van der Waals surface area contributed by atoms with Gasteiger partial charge in [0.05, 0.1) is 28.9 Å². The Hall–Kier alpha value is -2.22. The summed E-state index contributed by atoms with van der Waals surface area (Å²) in [6.45, 7) is 2.54. The SMILES string of the molecule is Cc1ccccc1-n1cc(C(=O)N2CCCC23CCS(=O)(=O)C3)nn1. The molecular formula is C17H20N4O3S. The molecule has 2 aliphatic heterocycles. The number of hydrogen-bond donors (Lipinski definition) is 0. The maximum atomic E-state index is 13.0. The summed E-state index contributed by atoms with van der Waals surface area (Å²) in [7, 11) is -3.07. The summed E-state index contributed by atoms with van der Waals surface area (Å²) in [5.74, 6) is -0.000837. The number of sulfone groups is 1. The Morgan fingerprint density at radius 1 is 1.24 bits per heavy atom. The Labute approximate surface area is 146 Å². The Morgan fingerprint density at radius 3 is 2.76 bits per heavy atom. The maximum Gasteiger partial charge on any atom is 0.276 e. The summed E-state index contributed by atoms with van der Waals surface area (Å²) in [5, 5.41) is 8.13. The van der Waals surface area contributed by atoms with Gasteiger partial charge < -0.3 is 4.90 Å². The van der Waals surface area contributed by atoms with E-state index in [-0.39, 0.29) is 23.1 Å². The van der Waals surface area contributed by atoms with Crippen molar-refractivity contribution in [2.24, 2.45) is 0 Å². The number of aromatic nitrogens is 3. The van der Waals surface area contributed by atoms with Gasteiger partial charge in [-0.3, -0.25) is 4.79 Å². The van der Waals surface area contributed by atoms with Crippen molar-refractivity contribution in [1.82, 2.24) is 19.9 Å². The van der Waals surface area contributed by atoms with Crippen molar-refractivity contribution in [3.05, 3.63) is 41.7 Å². The first-order valence-corrected chi connectivity index (χ1v) is 10.2. The third-order valence-corrected chi connectivity index (χ3v) is 7.09. The van der Waals surface area contributed by atoms with Gasteiger partial charge in [0.1, 0.15) is 0 Å². The van der Waals surface area contributed by atoms with Gasteiger partial charge in [-0.1, -0.05) is 23.4 Å². The van der Waals surface area contributed by atoms with E-state index in [9.17, 15) is 13.2 Å². The number of hydrogen-bond acceptors (Lipinski definition) is 5. The molecule has 0 aliphatic carbocycles. The highest BCUT2D eigenvalue weighted by molar-refractivity contribution is 7.91. The number of carbonyl (C=O) groups excluding carboxylic acids is 1. The van der Waals surface area contributed by atoms with Gasteiger partial charge in [-0.2, -0.15) is 0 Å². The van der Waals surface area contributed by atoms with Gasteiger partial charge in [0, 0.05) is 6.54 Å². The molecule has 0 radical (unpaired) electrons. The van der Waals surface area contributed by atoms with Crippen molar-refractivity contribution in [2.45, 2.75) is 31.7 Å². The van der Waals surface area contributed by atoms with Crippen LogP contribution in [0, 0.1) is 6.92 Å². The fourth-order valence-electron chi connectivity index (χ4n) is 4.00. The number of aryl methyl sites for hydroxylation is 1. The molecule has 2 saturated heterocycles. The lowest BCUT2D eigenvalue weighted by atomic mass is 9.95. The van der Waals surface area contributed by atoms with Crippen molar-refractivity contribution in [2.75, 3.05) is 18.1 Å². The molecule has 3 heterocycles. The van der Waals surface area contributed by atoms with E-state index in [1.54, 1.807) is 15.8 Å². The van der Waals surface area contributed by atoms with Crippen LogP contribution in [0.1, 0.15) is 35.3 Å². The van der Waals surface area contributed by atoms with Crippen LogP contribution in [0.25, 0.3) is 5.69 Å². The molecule has 1 unspecified atom stereocenters. The molecule has 1 atom stereocenters. The predicted molar refractivity (Wildman–Crippen MR) is 92.4 cm³/mol. The molecule has 1 aromatic heterocycles. The van der Waals surface area contributed by atoms with E-state index in [4.69, 9.17) is 0 Å². The molecule has 2 aromatic rings. The fourth-order valence-corrected chi connectivity index (χ4v) is 6.10. The second-order valence-corrected chi connectivity index (χ2v) is 9.15. The summed E-state index contributed by atoms with van der Waals surface area (Å²) in [6, 6.07) is 7.73. The minimum Gasteiger partial charge on any atom is -0.330 e. The average molecular weight is 360 g/mol. The third-order valence-electron chi connectivity index (χ3n) is 5.28. The normalized spacial score (nSPS) is 24.9. The second kappa shape index (κ2) is 5.66. The lowest BCUT2D eigenvalue weighted by Gasteiger charge is -2.33. The highest BCUT2D eigenvalue weighted by atomic mass is 32.2. The van der Waals surface area contributed by atoms with E-state index in [0.29, 0.717) is 13.0 Å². The zero-order chi connectivity index (χ0) is 17.7. The van der Waals surface area contributed by atoms with Crippen LogP contribution >= 0.6 is 0 Å². The van der Waals surface area contributed by atoms with Crippen molar-refractivity contribution < 1.29 is 13.2 Å². The summed E-state index contributed by atoms with van der Waals surface area (Å²) >= 11 is 0. The maximum absolute atomic E-state index is 13.0. The lowest BCUT2D eigenvalue weighted by molar-refractivity contribution is 0.0628. The molecule has 2 fully saturated rings. The minimum absolute atomic E-state index is 0.0671. The van der Waals surface area contributed by atoms with Crippen molar-refractivity contribution in [3.8, 4) is 5.69 Å². The van der Waals surface area contributed by atoms with Gasteiger partial charge in [-0.05, 0) is 37.8 Å². The monoisotopic (exact) mass is 360 g/mol. The highest BCUT2D eigenvalue weighted by Gasteiger charge is 2.51. The molecule has 1 amide bonds. The van der Waals surface area contributed by atoms with E-state index < -0.39 is 15.4 Å². The van der Waals surface area contributed by atoms with Crippen LogP contribution in [0.3, 0.4) is 0 Å². The first kappa shape index (κ1) is 16.3. The molecule has 0 bridgehead atoms. The predicted octanol–water partition coefficient (Wildman–Crippen LogP) is 1.37. The zero-order valence-electron chi connectivity index (χ0n) is 14.1. The quantitative estimate of drug-likeness (QED) is 0.807. The fraction of sp³-hybridized carbons (Fsp3) is 0.471. The van der Waals surface area contributed by atoms with Crippen LogP contribution < -0.4 is 0 Å². The van der Waals surface area contributed by atoms with Crippen molar-refractivity contribution in [3.63, 3.8) is 0 Å². The van der Waals surface area contributed by atoms with Crippen LogP contribution in [0.15, 0.2) is 30.5 Å². The first-order valence-electron chi connectivity index (χ1n) is 8.41. The minimum atomic E-state index is -3.07. The molecule has 2 aliphatic rings. The van der Waals surface area contributed by atoms with Gasteiger partial charge in [0.2, 0.25) is 0 Å². The largest absolute Gasteiger partial charge is 0.330 e. The van der Waals surface area contributed by atoms with Gasteiger partial charge in [-0.25, -0.2) is 13.1 Å². The number of para-hydroxylation sites is 1. The Bertz CT molecular complexity index is 937. The number of amides is 1. The van der Waals surface area contributed by atoms with Gasteiger partial charge in [0.25, 0.3) is 5.91 Å². The Kier molecular flexibility index (Phi) is 3.68. The van der Waals surface area contributed by atoms with E-state index in [1.807, 2.05) is 31.2 Å². The first-order chi connectivity index (χ1) is 11.9. The zero-order valence-corrected chi connectivity index (χ0v) is 14.9. The number of nitrogens with zero attached hydrogens (tertiary/aromatic N) is 4. The number of benzene rings is 1. The summed E-state index contributed by atoms with van der Waals surface area (Å²) in [6.07, 6.45) is 3.71. The molecule has 4 rings (SSSR count). The van der Waals surface area contributed by atoms with E-state index in [2.05, 4.69) is 10.3 Å². The highest BCUT2D eigenvalue weighted by Crippen LogP contribution is 2.39. The lowest BCUT2D eigenvalue weighted by Crippen LogP contribution is -2.48. The second-order valence-electron chi connectivity index (χ2n) is 6.96.